The average molecular weight is 297 g/mol. The number of nitrogens with zero attached hydrogens (tertiary/aromatic N) is 1. The summed E-state index contributed by atoms with van der Waals surface area (Å²) < 4.78 is 0. The Morgan fingerprint density at radius 2 is 1.95 bits per heavy atom. The fourth-order valence-corrected chi connectivity index (χ4v) is 3.13. The molecule has 1 saturated heterocycles. The molecule has 0 spiro atoms. The van der Waals surface area contributed by atoms with Crippen molar-refractivity contribution in [2.45, 2.75) is 90.9 Å². The number of amides is 1. The molecule has 1 rings (SSSR count). The lowest BCUT2D eigenvalue weighted by Crippen LogP contribution is -2.59. The number of rotatable bonds is 6. The van der Waals surface area contributed by atoms with Gasteiger partial charge in [0.05, 0.1) is 6.04 Å². The van der Waals surface area contributed by atoms with Gasteiger partial charge in [-0.2, -0.15) is 0 Å². The molecule has 0 saturated carbocycles. The monoisotopic (exact) mass is 297 g/mol. The number of nitrogens with one attached hydrogen (secondary N) is 2. The van der Waals surface area contributed by atoms with E-state index in [0.717, 1.165) is 19.5 Å². The molecular weight excluding hydrogens is 262 g/mol. The molecule has 2 N–H and O–H groups in total. The highest BCUT2D eigenvalue weighted by Crippen LogP contribution is 2.22. The Labute approximate surface area is 131 Å². The molecule has 0 radical (unpaired) electrons. The van der Waals surface area contributed by atoms with Crippen LogP contribution < -0.4 is 10.6 Å². The lowest BCUT2D eigenvalue weighted by Gasteiger charge is -2.43. The van der Waals surface area contributed by atoms with Gasteiger partial charge in [-0.05, 0) is 67.0 Å². The van der Waals surface area contributed by atoms with Gasteiger partial charge in [0.25, 0.3) is 0 Å². The second kappa shape index (κ2) is 8.14. The molecular formula is C17H35N3O. The predicted octanol–water partition coefficient (Wildman–Crippen LogP) is 2.53. The van der Waals surface area contributed by atoms with Crippen LogP contribution in [0.3, 0.4) is 0 Å². The van der Waals surface area contributed by atoms with Crippen molar-refractivity contribution >= 4 is 5.91 Å². The summed E-state index contributed by atoms with van der Waals surface area (Å²) in [6.45, 7) is 14.7. The van der Waals surface area contributed by atoms with Crippen molar-refractivity contribution in [3.63, 3.8) is 0 Å². The Hall–Kier alpha value is -0.610. The van der Waals surface area contributed by atoms with Gasteiger partial charge in [0.15, 0.2) is 0 Å². The molecule has 0 aromatic rings. The predicted molar refractivity (Wildman–Crippen MR) is 89.5 cm³/mol. The zero-order chi connectivity index (χ0) is 16.0. The smallest absolute Gasteiger partial charge is 0.237 e. The molecule has 4 nitrogen and oxygen atoms in total. The zero-order valence-corrected chi connectivity index (χ0v) is 14.8. The molecule has 1 aliphatic heterocycles. The van der Waals surface area contributed by atoms with E-state index in [4.69, 9.17) is 0 Å². The molecule has 4 heteroatoms. The normalized spacial score (nSPS) is 23.6. The minimum absolute atomic E-state index is 0.0552. The van der Waals surface area contributed by atoms with E-state index >= 15 is 0 Å². The van der Waals surface area contributed by atoms with Gasteiger partial charge in [-0.3, -0.25) is 9.69 Å². The van der Waals surface area contributed by atoms with Gasteiger partial charge in [-0.15, -0.1) is 0 Å². The number of carbonyl (C=O) groups excluding carboxylic acids is 1. The van der Waals surface area contributed by atoms with Crippen LogP contribution in [0.5, 0.6) is 0 Å². The third-order valence-electron chi connectivity index (χ3n) is 4.26. The Morgan fingerprint density at radius 1 is 1.29 bits per heavy atom. The van der Waals surface area contributed by atoms with Crippen molar-refractivity contribution in [2.75, 3.05) is 13.1 Å². The number of hydrogen-bond donors (Lipinski definition) is 2. The second-order valence-corrected chi connectivity index (χ2v) is 7.46. The summed E-state index contributed by atoms with van der Waals surface area (Å²) in [7, 11) is 0. The molecule has 1 amide bonds. The minimum Gasteiger partial charge on any atom is -0.350 e. The molecule has 1 fully saturated rings. The molecule has 3 atom stereocenters. The summed E-state index contributed by atoms with van der Waals surface area (Å²) in [5.41, 5.74) is -0.164. The Balaban J connectivity index is 2.69. The zero-order valence-electron chi connectivity index (χ0n) is 14.8. The number of piperidine rings is 1. The van der Waals surface area contributed by atoms with Crippen molar-refractivity contribution in [1.29, 1.82) is 0 Å². The maximum atomic E-state index is 12.5. The fraction of sp³-hybridized carbons (Fsp3) is 0.941. The Kier molecular flexibility index (Phi) is 7.14. The third-order valence-corrected chi connectivity index (χ3v) is 4.26. The van der Waals surface area contributed by atoms with Crippen LogP contribution >= 0.6 is 0 Å². The first-order valence-corrected chi connectivity index (χ1v) is 8.57. The van der Waals surface area contributed by atoms with E-state index < -0.39 is 0 Å². The minimum atomic E-state index is -0.164. The van der Waals surface area contributed by atoms with Crippen molar-refractivity contribution in [1.82, 2.24) is 15.5 Å². The summed E-state index contributed by atoms with van der Waals surface area (Å²) in [6.07, 6.45) is 4.80. The number of likely N-dealkylation sites (tertiary alicyclic amines) is 1. The summed E-state index contributed by atoms with van der Waals surface area (Å²) in [5, 5.41) is 6.72. The summed E-state index contributed by atoms with van der Waals surface area (Å²) in [5.74, 6) is 0.150. The third kappa shape index (κ3) is 5.95. The van der Waals surface area contributed by atoms with E-state index in [1.807, 2.05) is 27.7 Å². The van der Waals surface area contributed by atoms with Crippen LogP contribution in [0, 0.1) is 0 Å². The summed E-state index contributed by atoms with van der Waals surface area (Å²) in [6, 6.07) is 0.849. The van der Waals surface area contributed by atoms with Gasteiger partial charge >= 0.3 is 0 Å². The largest absolute Gasteiger partial charge is 0.350 e. The molecule has 0 aromatic heterocycles. The first kappa shape index (κ1) is 18.4. The van der Waals surface area contributed by atoms with E-state index in [-0.39, 0.29) is 17.5 Å². The van der Waals surface area contributed by atoms with Gasteiger partial charge in [-0.1, -0.05) is 13.3 Å². The fourth-order valence-electron chi connectivity index (χ4n) is 3.13. The highest BCUT2D eigenvalue weighted by molar-refractivity contribution is 5.82. The van der Waals surface area contributed by atoms with Crippen LogP contribution in [-0.4, -0.2) is 47.6 Å². The molecule has 21 heavy (non-hydrogen) atoms. The van der Waals surface area contributed by atoms with Crippen molar-refractivity contribution in [3.8, 4) is 0 Å². The Morgan fingerprint density at radius 3 is 2.52 bits per heavy atom. The molecule has 0 aliphatic carbocycles. The molecule has 3 unspecified atom stereocenters. The highest BCUT2D eigenvalue weighted by atomic mass is 16.2. The SMILES string of the molecule is CCCNC(C)C1CCCCN1C(C)C(=O)NC(C)(C)C. The van der Waals surface area contributed by atoms with E-state index in [9.17, 15) is 4.79 Å². The van der Waals surface area contributed by atoms with Crippen LogP contribution in [0.2, 0.25) is 0 Å². The van der Waals surface area contributed by atoms with Crippen LogP contribution in [-0.2, 0) is 4.79 Å². The van der Waals surface area contributed by atoms with E-state index in [1.165, 1.54) is 19.3 Å². The van der Waals surface area contributed by atoms with Gasteiger partial charge in [0.2, 0.25) is 5.91 Å². The van der Waals surface area contributed by atoms with Gasteiger partial charge in [0.1, 0.15) is 0 Å². The summed E-state index contributed by atoms with van der Waals surface area (Å²) in [4.78, 5) is 14.9. The highest BCUT2D eigenvalue weighted by Gasteiger charge is 2.34. The van der Waals surface area contributed by atoms with Crippen LogP contribution in [0.15, 0.2) is 0 Å². The van der Waals surface area contributed by atoms with E-state index in [2.05, 4.69) is 29.4 Å². The molecule has 1 heterocycles. The van der Waals surface area contributed by atoms with Crippen LogP contribution in [0.25, 0.3) is 0 Å². The first-order chi connectivity index (χ1) is 9.76. The quantitative estimate of drug-likeness (QED) is 0.792. The summed E-state index contributed by atoms with van der Waals surface area (Å²) >= 11 is 0. The van der Waals surface area contributed by atoms with Gasteiger partial charge < -0.3 is 10.6 Å². The standard InChI is InChI=1S/C17H35N3O/c1-7-11-18-13(2)15-10-8-9-12-20(15)14(3)16(21)19-17(4,5)6/h13-15,18H,7-12H2,1-6H3,(H,19,21). The van der Waals surface area contributed by atoms with Crippen molar-refractivity contribution < 1.29 is 4.79 Å². The van der Waals surface area contributed by atoms with E-state index in [0.29, 0.717) is 12.1 Å². The van der Waals surface area contributed by atoms with Crippen LogP contribution in [0.4, 0.5) is 0 Å². The van der Waals surface area contributed by atoms with Crippen molar-refractivity contribution in [2.24, 2.45) is 0 Å². The maximum Gasteiger partial charge on any atom is 0.237 e. The lowest BCUT2D eigenvalue weighted by atomic mass is 9.94. The lowest BCUT2D eigenvalue weighted by molar-refractivity contribution is -0.129. The van der Waals surface area contributed by atoms with Gasteiger partial charge in [0, 0.05) is 17.6 Å². The Bertz CT molecular complexity index is 324. The number of hydrogen-bond acceptors (Lipinski definition) is 3. The second-order valence-electron chi connectivity index (χ2n) is 7.46. The first-order valence-electron chi connectivity index (χ1n) is 8.57. The molecule has 0 aromatic carbocycles. The topological polar surface area (TPSA) is 44.4 Å². The molecule has 124 valence electrons. The number of carbonyl (C=O) groups is 1. The average Bonchev–Trinajstić information content (AvgIpc) is 2.42. The molecule has 1 aliphatic rings. The van der Waals surface area contributed by atoms with Gasteiger partial charge in [-0.25, -0.2) is 0 Å². The van der Waals surface area contributed by atoms with Crippen molar-refractivity contribution in [3.05, 3.63) is 0 Å². The maximum absolute atomic E-state index is 12.5. The molecule has 0 bridgehead atoms. The van der Waals surface area contributed by atoms with Crippen LogP contribution in [0.1, 0.15) is 67.2 Å². The van der Waals surface area contributed by atoms with E-state index in [1.54, 1.807) is 0 Å².